The fourth-order valence-corrected chi connectivity index (χ4v) is 4.28. The number of carbonyl (C=O) groups excluding carboxylic acids is 1. The lowest BCUT2D eigenvalue weighted by atomic mass is 9.94. The average molecular weight is 544 g/mol. The molecule has 0 radical (unpaired) electrons. The molecule has 1 N–H and O–H groups in total. The quantitative estimate of drug-likeness (QED) is 0.217. The average Bonchev–Trinajstić information content (AvgIpc) is 2.71. The minimum absolute atomic E-state index is 0.0779. The van der Waals surface area contributed by atoms with Crippen molar-refractivity contribution < 1.29 is 4.79 Å². The molecule has 3 aromatic carbocycles. The zero-order valence-corrected chi connectivity index (χ0v) is 19.4. The van der Waals surface area contributed by atoms with Crippen molar-refractivity contribution >= 4 is 66.2 Å². The number of hydrogen-bond donors (Lipinski definition) is 1. The lowest BCUT2D eigenvalue weighted by Crippen LogP contribution is -2.18. The Kier molecular flexibility index (Phi) is 6.04. The van der Waals surface area contributed by atoms with Crippen molar-refractivity contribution in [3.63, 3.8) is 0 Å². The van der Waals surface area contributed by atoms with E-state index in [1.165, 1.54) is 6.08 Å². The molecule has 0 aliphatic rings. The Morgan fingerprint density at radius 1 is 0.933 bits per heavy atom. The molecule has 1 aromatic heterocycles. The molecule has 0 fully saturated rings. The van der Waals surface area contributed by atoms with Crippen LogP contribution in [0.4, 0.5) is 0 Å². The van der Waals surface area contributed by atoms with Gasteiger partial charge in [0.05, 0.1) is 5.56 Å². The molecule has 0 aliphatic heterocycles. The molecule has 0 spiro atoms. The summed E-state index contributed by atoms with van der Waals surface area (Å²) < 4.78 is 1.75. The van der Waals surface area contributed by atoms with Gasteiger partial charge < -0.3 is 4.98 Å². The minimum Gasteiger partial charge on any atom is -0.321 e. The van der Waals surface area contributed by atoms with Gasteiger partial charge in [-0.2, -0.15) is 0 Å². The number of benzene rings is 3. The third-order valence-electron chi connectivity index (χ3n) is 4.61. The third kappa shape index (κ3) is 4.33. The van der Waals surface area contributed by atoms with Crippen LogP contribution in [0.1, 0.15) is 15.9 Å². The zero-order valence-electron chi connectivity index (χ0n) is 15.5. The van der Waals surface area contributed by atoms with E-state index in [9.17, 15) is 9.59 Å². The monoisotopic (exact) mass is 541 g/mol. The zero-order chi connectivity index (χ0) is 21.3. The number of aromatic nitrogens is 1. The summed E-state index contributed by atoms with van der Waals surface area (Å²) in [5.41, 5.74) is 2.39. The van der Waals surface area contributed by atoms with Crippen LogP contribution in [0.5, 0.6) is 0 Å². The van der Waals surface area contributed by atoms with E-state index in [0.29, 0.717) is 21.7 Å². The predicted molar refractivity (Wildman–Crippen MR) is 130 cm³/mol. The summed E-state index contributed by atoms with van der Waals surface area (Å²) >= 11 is 13.1. The number of nitrogens with one attached hydrogen (secondary N) is 1. The number of halogens is 3. The topological polar surface area (TPSA) is 49.9 Å². The van der Waals surface area contributed by atoms with Gasteiger partial charge in [-0.15, -0.1) is 0 Å². The van der Waals surface area contributed by atoms with Gasteiger partial charge in [-0.05, 0) is 59.7 Å². The Hall–Kier alpha value is -2.47. The van der Waals surface area contributed by atoms with E-state index in [-0.39, 0.29) is 11.3 Å². The number of fused-ring (bicyclic) bond motifs is 1. The molecule has 0 saturated carbocycles. The maximum absolute atomic E-state index is 13.2. The van der Waals surface area contributed by atoms with Crippen LogP contribution < -0.4 is 5.56 Å². The first kappa shape index (κ1) is 20.8. The SMILES string of the molecule is O=C(C=Cc1cccc(Br)c1)c1c(-c2cccc(Cl)c2)c2cc(Br)ccc2[nH]c1=O. The van der Waals surface area contributed by atoms with Gasteiger partial charge in [-0.25, -0.2) is 0 Å². The molecule has 4 rings (SSSR count). The summed E-state index contributed by atoms with van der Waals surface area (Å²) in [5.74, 6) is -0.381. The van der Waals surface area contributed by atoms with Gasteiger partial charge in [0.2, 0.25) is 0 Å². The highest BCUT2D eigenvalue weighted by molar-refractivity contribution is 9.10. The first-order valence-electron chi connectivity index (χ1n) is 9.02. The lowest BCUT2D eigenvalue weighted by Gasteiger charge is -2.12. The van der Waals surface area contributed by atoms with Gasteiger partial charge in [0, 0.05) is 30.4 Å². The molecule has 0 saturated heterocycles. The van der Waals surface area contributed by atoms with E-state index in [4.69, 9.17) is 11.6 Å². The molecule has 0 atom stereocenters. The van der Waals surface area contributed by atoms with Crippen molar-refractivity contribution in [1.82, 2.24) is 4.98 Å². The lowest BCUT2D eigenvalue weighted by molar-refractivity contribution is 0.104. The third-order valence-corrected chi connectivity index (χ3v) is 5.83. The smallest absolute Gasteiger partial charge is 0.260 e. The van der Waals surface area contributed by atoms with Crippen molar-refractivity contribution in [2.45, 2.75) is 0 Å². The summed E-state index contributed by atoms with van der Waals surface area (Å²) in [6.45, 7) is 0. The van der Waals surface area contributed by atoms with E-state index in [1.54, 1.807) is 30.3 Å². The highest BCUT2D eigenvalue weighted by Gasteiger charge is 2.19. The first-order valence-corrected chi connectivity index (χ1v) is 11.0. The number of pyridine rings is 1. The molecule has 0 aliphatic carbocycles. The van der Waals surface area contributed by atoms with Gasteiger partial charge in [0.15, 0.2) is 5.78 Å². The van der Waals surface area contributed by atoms with Gasteiger partial charge >= 0.3 is 0 Å². The Morgan fingerprint density at radius 2 is 1.70 bits per heavy atom. The van der Waals surface area contributed by atoms with Gasteiger partial charge in [0.25, 0.3) is 5.56 Å². The van der Waals surface area contributed by atoms with Crippen LogP contribution in [0.15, 0.2) is 86.5 Å². The van der Waals surface area contributed by atoms with Crippen LogP contribution in [-0.4, -0.2) is 10.8 Å². The number of aromatic amines is 1. The standard InChI is InChI=1S/C24H14Br2ClNO2/c25-16-5-1-3-14(11-16)7-10-21(29)23-22(15-4-2-6-18(27)12-15)19-13-17(26)8-9-20(19)28-24(23)30/h1-13H,(H,28,30). The van der Waals surface area contributed by atoms with Crippen LogP contribution in [0.3, 0.4) is 0 Å². The molecule has 6 heteroatoms. The summed E-state index contributed by atoms with van der Waals surface area (Å²) in [6, 6.07) is 20.2. The van der Waals surface area contributed by atoms with Crippen molar-refractivity contribution in [3.8, 4) is 11.1 Å². The fourth-order valence-electron chi connectivity index (χ4n) is 3.31. The molecular formula is C24H14Br2ClNO2. The van der Waals surface area contributed by atoms with Crippen LogP contribution in [0.25, 0.3) is 28.1 Å². The number of carbonyl (C=O) groups is 1. The van der Waals surface area contributed by atoms with E-state index in [0.717, 1.165) is 19.9 Å². The Bertz CT molecular complexity index is 1380. The van der Waals surface area contributed by atoms with E-state index < -0.39 is 5.56 Å². The number of allylic oxidation sites excluding steroid dienone is 1. The number of ketones is 1. The Labute approximate surface area is 194 Å². The van der Waals surface area contributed by atoms with Gasteiger partial charge in [-0.1, -0.05) is 73.8 Å². The molecule has 30 heavy (non-hydrogen) atoms. The Morgan fingerprint density at radius 3 is 2.47 bits per heavy atom. The molecule has 3 nitrogen and oxygen atoms in total. The van der Waals surface area contributed by atoms with Gasteiger partial charge in [0.1, 0.15) is 0 Å². The molecule has 4 aromatic rings. The van der Waals surface area contributed by atoms with Crippen molar-refractivity contribution in [2.24, 2.45) is 0 Å². The molecule has 1 heterocycles. The normalized spacial score (nSPS) is 11.3. The van der Waals surface area contributed by atoms with Crippen LogP contribution >= 0.6 is 43.5 Å². The summed E-state index contributed by atoms with van der Waals surface area (Å²) in [5, 5.41) is 1.28. The highest BCUT2D eigenvalue weighted by atomic mass is 79.9. The summed E-state index contributed by atoms with van der Waals surface area (Å²) in [4.78, 5) is 28.9. The maximum Gasteiger partial charge on any atom is 0.260 e. The van der Waals surface area contributed by atoms with E-state index in [1.807, 2.05) is 42.5 Å². The first-order chi connectivity index (χ1) is 14.4. The van der Waals surface area contributed by atoms with Crippen molar-refractivity contribution in [2.75, 3.05) is 0 Å². The maximum atomic E-state index is 13.2. The molecule has 0 amide bonds. The molecule has 148 valence electrons. The number of H-pyrrole nitrogens is 1. The molecular weight excluding hydrogens is 530 g/mol. The second kappa shape index (κ2) is 8.72. The molecule has 0 bridgehead atoms. The predicted octanol–water partition coefficient (Wildman–Crippen LogP) is 7.27. The van der Waals surface area contributed by atoms with Crippen LogP contribution in [-0.2, 0) is 0 Å². The summed E-state index contributed by atoms with van der Waals surface area (Å²) in [6.07, 6.45) is 3.11. The summed E-state index contributed by atoms with van der Waals surface area (Å²) in [7, 11) is 0. The van der Waals surface area contributed by atoms with E-state index >= 15 is 0 Å². The van der Waals surface area contributed by atoms with Crippen LogP contribution in [0.2, 0.25) is 5.02 Å². The number of hydrogen-bond acceptors (Lipinski definition) is 2. The van der Waals surface area contributed by atoms with Crippen LogP contribution in [0, 0.1) is 0 Å². The fraction of sp³-hybridized carbons (Fsp3) is 0. The van der Waals surface area contributed by atoms with Crippen molar-refractivity contribution in [3.05, 3.63) is 108 Å². The molecule has 0 unspecified atom stereocenters. The second-order valence-electron chi connectivity index (χ2n) is 6.66. The van der Waals surface area contributed by atoms with E-state index in [2.05, 4.69) is 36.8 Å². The highest BCUT2D eigenvalue weighted by Crippen LogP contribution is 2.33. The second-order valence-corrected chi connectivity index (χ2v) is 8.92. The van der Waals surface area contributed by atoms with Crippen molar-refractivity contribution in [1.29, 1.82) is 0 Å². The number of rotatable bonds is 4. The van der Waals surface area contributed by atoms with Gasteiger partial charge in [-0.3, -0.25) is 9.59 Å². The minimum atomic E-state index is -0.441. The largest absolute Gasteiger partial charge is 0.321 e. The Balaban J connectivity index is 1.94.